The van der Waals surface area contributed by atoms with Gasteiger partial charge in [-0.3, -0.25) is 14.2 Å². The number of amides is 1. The summed E-state index contributed by atoms with van der Waals surface area (Å²) in [6.45, 7) is 8.89. The topological polar surface area (TPSA) is 77.4 Å². The first-order chi connectivity index (χ1) is 15.2. The Balaban J connectivity index is 1.52. The molecule has 1 aliphatic heterocycles. The van der Waals surface area contributed by atoms with Gasteiger partial charge in [0.1, 0.15) is 6.54 Å². The Morgan fingerprint density at radius 2 is 1.94 bits per heavy atom. The first-order valence-electron chi connectivity index (χ1n) is 11.2. The first-order valence-corrected chi connectivity index (χ1v) is 12.8. The van der Waals surface area contributed by atoms with Crippen molar-refractivity contribution in [3.63, 3.8) is 0 Å². The highest BCUT2D eigenvalue weighted by Gasteiger charge is 2.47. The number of hydrogen-bond acceptors (Lipinski definition) is 6. The zero-order valence-corrected chi connectivity index (χ0v) is 20.6. The molecule has 2 heterocycles. The molecule has 1 aliphatic carbocycles. The molecule has 4 rings (SSSR count). The largest absolute Gasteiger partial charge is 0.462 e. The van der Waals surface area contributed by atoms with Crippen molar-refractivity contribution in [2.75, 3.05) is 11.9 Å². The van der Waals surface area contributed by atoms with E-state index in [2.05, 4.69) is 26.1 Å². The van der Waals surface area contributed by atoms with Crippen molar-refractivity contribution < 1.29 is 14.3 Å². The molecule has 2 aliphatic rings. The van der Waals surface area contributed by atoms with Crippen LogP contribution in [0.25, 0.3) is 0 Å². The number of thioether (sulfide) groups is 1. The van der Waals surface area contributed by atoms with E-state index in [1.807, 2.05) is 0 Å². The van der Waals surface area contributed by atoms with Crippen LogP contribution in [0.3, 0.4) is 0 Å². The number of anilines is 1. The molecule has 32 heavy (non-hydrogen) atoms. The van der Waals surface area contributed by atoms with Gasteiger partial charge < -0.3 is 10.1 Å². The van der Waals surface area contributed by atoms with Crippen molar-refractivity contribution in [1.82, 2.24) is 4.57 Å². The Bertz CT molecular complexity index is 1070. The van der Waals surface area contributed by atoms with E-state index in [0.717, 1.165) is 11.4 Å². The smallest absolute Gasteiger partial charge is 0.338 e. The highest BCUT2D eigenvalue weighted by molar-refractivity contribution is 8.00. The molecule has 172 valence electrons. The summed E-state index contributed by atoms with van der Waals surface area (Å²) in [5, 5.41) is 3.81. The Morgan fingerprint density at radius 1 is 1.22 bits per heavy atom. The van der Waals surface area contributed by atoms with Crippen molar-refractivity contribution in [3.8, 4) is 0 Å². The minimum atomic E-state index is -0.392. The zero-order valence-electron chi connectivity index (χ0n) is 19.0. The minimum Gasteiger partial charge on any atom is -0.462 e. The Hall–Kier alpha value is -2.06. The molecule has 8 heteroatoms. The van der Waals surface area contributed by atoms with Crippen LogP contribution in [0.5, 0.6) is 0 Å². The lowest BCUT2D eigenvalue weighted by Crippen LogP contribution is -2.39. The van der Waals surface area contributed by atoms with Gasteiger partial charge in [0.2, 0.25) is 5.91 Å². The average molecular weight is 475 g/mol. The van der Waals surface area contributed by atoms with Crippen molar-refractivity contribution >= 4 is 40.7 Å². The highest BCUT2D eigenvalue weighted by Crippen LogP contribution is 2.58. The number of esters is 1. The van der Waals surface area contributed by atoms with Crippen LogP contribution in [-0.4, -0.2) is 27.8 Å². The van der Waals surface area contributed by atoms with E-state index >= 15 is 0 Å². The maximum Gasteiger partial charge on any atom is 0.338 e. The standard InChI is InChI=1S/C24H30N2O4S2/c1-5-30-22(28)15-7-9-16(10-8-15)25-19(27)13-26-21-20(31-23(26)29)17-12-14(2)6-11-18(17)24(3,4)32-21/h7-10,14,17-18H,5-6,11-13H2,1-4H3,(H,25,27)/t14-,17+,18+/m0/s1. The van der Waals surface area contributed by atoms with Crippen molar-refractivity contribution in [2.45, 2.75) is 69.2 Å². The van der Waals surface area contributed by atoms with E-state index in [1.54, 1.807) is 47.5 Å². The number of benzene rings is 1. The van der Waals surface area contributed by atoms with E-state index in [0.29, 0.717) is 35.6 Å². The number of carbonyl (C=O) groups is 2. The second-order valence-electron chi connectivity index (χ2n) is 9.31. The summed E-state index contributed by atoms with van der Waals surface area (Å²) in [6, 6.07) is 6.58. The Kier molecular flexibility index (Phi) is 6.54. The predicted octanol–water partition coefficient (Wildman–Crippen LogP) is 5.13. The maximum absolute atomic E-state index is 12.9. The fraction of sp³-hybridized carbons (Fsp3) is 0.542. The number of nitrogens with one attached hydrogen (secondary N) is 1. The van der Waals surface area contributed by atoms with E-state index in [9.17, 15) is 14.4 Å². The molecule has 1 aromatic heterocycles. The van der Waals surface area contributed by atoms with Crippen LogP contribution in [0.1, 0.15) is 68.1 Å². The molecule has 2 aromatic rings. The Morgan fingerprint density at radius 3 is 2.62 bits per heavy atom. The molecule has 1 saturated carbocycles. The van der Waals surface area contributed by atoms with Gasteiger partial charge in [-0.05, 0) is 55.9 Å². The summed E-state index contributed by atoms with van der Waals surface area (Å²) in [5.74, 6) is 0.984. The van der Waals surface area contributed by atoms with Crippen LogP contribution in [-0.2, 0) is 16.1 Å². The fourth-order valence-corrected chi connectivity index (χ4v) is 7.77. The second-order valence-corrected chi connectivity index (χ2v) is 11.9. The molecule has 1 N–H and O–H groups in total. The number of carbonyl (C=O) groups excluding carboxylic acids is 2. The van der Waals surface area contributed by atoms with E-state index in [-0.39, 0.29) is 22.1 Å². The van der Waals surface area contributed by atoms with E-state index < -0.39 is 5.97 Å². The van der Waals surface area contributed by atoms with Gasteiger partial charge in [-0.2, -0.15) is 0 Å². The average Bonchev–Trinajstić information content (AvgIpc) is 3.03. The summed E-state index contributed by atoms with van der Waals surface area (Å²) in [7, 11) is 0. The van der Waals surface area contributed by atoms with Crippen molar-refractivity contribution in [2.24, 2.45) is 11.8 Å². The van der Waals surface area contributed by atoms with E-state index in [4.69, 9.17) is 4.74 Å². The van der Waals surface area contributed by atoms with Gasteiger partial charge in [0.05, 0.1) is 17.2 Å². The number of ether oxygens (including phenoxy) is 1. The van der Waals surface area contributed by atoms with Crippen LogP contribution < -0.4 is 10.2 Å². The molecule has 1 amide bonds. The number of rotatable bonds is 5. The van der Waals surface area contributed by atoms with Crippen LogP contribution in [0.4, 0.5) is 5.69 Å². The SMILES string of the molecule is CCOC(=O)c1ccc(NC(=O)Cn2c3c(sc2=O)[C@@H]2C[C@@H](C)CC[C@H]2C(C)(C)S3)cc1. The van der Waals surface area contributed by atoms with Crippen molar-refractivity contribution in [3.05, 3.63) is 44.4 Å². The molecule has 0 saturated heterocycles. The van der Waals surface area contributed by atoms with Gasteiger partial charge in [0.25, 0.3) is 0 Å². The first kappa shape index (κ1) is 23.1. The molecule has 1 aromatic carbocycles. The quantitative estimate of drug-likeness (QED) is 0.608. The molecule has 0 radical (unpaired) electrons. The molecular formula is C24H30N2O4S2. The molecule has 0 spiro atoms. The highest BCUT2D eigenvalue weighted by atomic mass is 32.2. The van der Waals surface area contributed by atoms with Crippen molar-refractivity contribution in [1.29, 1.82) is 0 Å². The molecule has 0 bridgehead atoms. The summed E-state index contributed by atoms with van der Waals surface area (Å²) in [6.07, 6.45) is 3.55. The number of nitrogens with zero attached hydrogens (tertiary/aromatic N) is 1. The summed E-state index contributed by atoms with van der Waals surface area (Å²) < 4.78 is 6.66. The van der Waals surface area contributed by atoms with Gasteiger partial charge in [0.15, 0.2) is 0 Å². The number of hydrogen-bond donors (Lipinski definition) is 1. The second kappa shape index (κ2) is 9.06. The van der Waals surface area contributed by atoms with Crippen LogP contribution in [0.2, 0.25) is 0 Å². The lowest BCUT2D eigenvalue weighted by Gasteiger charge is -2.47. The fourth-order valence-electron chi connectivity index (χ4n) is 4.96. The lowest BCUT2D eigenvalue weighted by atomic mass is 9.69. The summed E-state index contributed by atoms with van der Waals surface area (Å²) in [4.78, 5) is 38.5. The van der Waals surface area contributed by atoms with Crippen LogP contribution in [0, 0.1) is 11.8 Å². The monoisotopic (exact) mass is 474 g/mol. The van der Waals surface area contributed by atoms with Gasteiger partial charge in [0, 0.05) is 21.2 Å². The zero-order chi connectivity index (χ0) is 23.0. The third-order valence-electron chi connectivity index (χ3n) is 6.56. The van der Waals surface area contributed by atoms with Crippen LogP contribution in [0.15, 0.2) is 34.1 Å². The van der Waals surface area contributed by atoms with E-state index in [1.165, 1.54) is 29.1 Å². The maximum atomic E-state index is 12.9. The lowest BCUT2D eigenvalue weighted by molar-refractivity contribution is -0.116. The molecular weight excluding hydrogens is 444 g/mol. The minimum absolute atomic E-state index is 0.0136. The Labute approximate surface area is 196 Å². The van der Waals surface area contributed by atoms with Gasteiger partial charge in [-0.15, -0.1) is 11.8 Å². The molecule has 6 nitrogen and oxygen atoms in total. The summed E-state index contributed by atoms with van der Waals surface area (Å²) >= 11 is 3.07. The molecule has 1 fully saturated rings. The number of thiazole rings is 1. The normalized spacial score (nSPS) is 23.7. The van der Waals surface area contributed by atoms with Crippen LogP contribution >= 0.6 is 23.1 Å². The molecule has 0 unspecified atom stereocenters. The van der Waals surface area contributed by atoms with Gasteiger partial charge in [-0.1, -0.05) is 38.5 Å². The predicted molar refractivity (Wildman–Crippen MR) is 129 cm³/mol. The van der Waals surface area contributed by atoms with Gasteiger partial charge in [-0.25, -0.2) is 4.79 Å². The number of fused-ring (bicyclic) bond motifs is 3. The summed E-state index contributed by atoms with van der Waals surface area (Å²) in [5.41, 5.74) is 1.01. The number of aromatic nitrogens is 1. The molecule has 3 atom stereocenters. The third-order valence-corrected chi connectivity index (χ3v) is 9.26. The third kappa shape index (κ3) is 4.53. The van der Waals surface area contributed by atoms with Gasteiger partial charge >= 0.3 is 10.8 Å².